The van der Waals surface area contributed by atoms with Crippen LogP contribution in [0.3, 0.4) is 0 Å². The van der Waals surface area contributed by atoms with Crippen LogP contribution in [0.25, 0.3) is 0 Å². The largest absolute Gasteiger partial charge is 0.318 e. The highest BCUT2D eigenvalue weighted by molar-refractivity contribution is 4.90. The van der Waals surface area contributed by atoms with Crippen LogP contribution in [0.5, 0.6) is 0 Å². The summed E-state index contributed by atoms with van der Waals surface area (Å²) >= 11 is 0. The van der Waals surface area contributed by atoms with E-state index in [1.165, 1.54) is 0 Å². The Morgan fingerprint density at radius 1 is 1.64 bits per heavy atom. The van der Waals surface area contributed by atoms with E-state index < -0.39 is 0 Å². The van der Waals surface area contributed by atoms with Gasteiger partial charge in [0.25, 0.3) is 0 Å². The Kier molecular flexibility index (Phi) is 3.04. The fourth-order valence-corrected chi connectivity index (χ4v) is 0.836. The molecule has 0 aliphatic rings. The molecule has 0 spiro atoms. The molecule has 4 nitrogen and oxygen atoms in total. The molecule has 0 amide bonds. The van der Waals surface area contributed by atoms with Gasteiger partial charge in [0, 0.05) is 12.7 Å². The van der Waals surface area contributed by atoms with Crippen molar-refractivity contribution in [2.75, 3.05) is 13.6 Å². The van der Waals surface area contributed by atoms with Crippen molar-refractivity contribution in [2.45, 2.75) is 19.9 Å². The van der Waals surface area contributed by atoms with Crippen LogP contribution in [0.2, 0.25) is 0 Å². The summed E-state index contributed by atoms with van der Waals surface area (Å²) in [6, 6.07) is 0. The smallest absolute Gasteiger partial charge is 0.0824 e. The van der Waals surface area contributed by atoms with E-state index in [2.05, 4.69) is 22.6 Å². The molecule has 0 aliphatic carbocycles. The lowest BCUT2D eigenvalue weighted by atomic mass is 10.4. The van der Waals surface area contributed by atoms with E-state index in [0.717, 1.165) is 25.2 Å². The number of nitrogens with zero attached hydrogens (tertiary/aromatic N) is 3. The van der Waals surface area contributed by atoms with Gasteiger partial charge in [0.05, 0.1) is 12.2 Å². The van der Waals surface area contributed by atoms with E-state index in [0.29, 0.717) is 0 Å². The van der Waals surface area contributed by atoms with E-state index in [1.54, 1.807) is 0 Å². The van der Waals surface area contributed by atoms with Gasteiger partial charge in [-0.1, -0.05) is 12.1 Å². The molecule has 0 aliphatic heterocycles. The van der Waals surface area contributed by atoms with Crippen LogP contribution in [0.4, 0.5) is 0 Å². The van der Waals surface area contributed by atoms with Gasteiger partial charge in [-0.3, -0.25) is 4.68 Å². The number of nitrogens with one attached hydrogen (secondary N) is 1. The third kappa shape index (κ3) is 2.31. The minimum absolute atomic E-state index is 0.892. The molecule has 11 heavy (non-hydrogen) atoms. The number of aromatic nitrogens is 3. The van der Waals surface area contributed by atoms with Gasteiger partial charge in [0.1, 0.15) is 0 Å². The molecular weight excluding hydrogens is 140 g/mol. The summed E-state index contributed by atoms with van der Waals surface area (Å²) in [5.41, 5.74) is 1.06. The average Bonchev–Trinajstić information content (AvgIpc) is 2.48. The Labute approximate surface area is 66.6 Å². The van der Waals surface area contributed by atoms with E-state index >= 15 is 0 Å². The summed E-state index contributed by atoms with van der Waals surface area (Å²) in [7, 11) is 1.93. The second kappa shape index (κ2) is 4.08. The highest BCUT2D eigenvalue weighted by Crippen LogP contribution is 1.92. The lowest BCUT2D eigenvalue weighted by Crippen LogP contribution is -2.15. The van der Waals surface area contributed by atoms with E-state index in [-0.39, 0.29) is 0 Å². The molecule has 1 aromatic rings. The predicted octanol–water partition coefficient (Wildman–Crippen LogP) is 0.0599. The maximum Gasteiger partial charge on any atom is 0.0824 e. The van der Waals surface area contributed by atoms with Gasteiger partial charge < -0.3 is 5.32 Å². The molecule has 0 saturated carbocycles. The molecule has 0 fully saturated rings. The van der Waals surface area contributed by atoms with Crippen molar-refractivity contribution in [1.82, 2.24) is 20.3 Å². The van der Waals surface area contributed by atoms with Crippen molar-refractivity contribution >= 4 is 0 Å². The molecule has 4 heteroatoms. The summed E-state index contributed by atoms with van der Waals surface area (Å²) in [5, 5.41) is 11.0. The Balaban J connectivity index is 2.44. The average molecular weight is 154 g/mol. The van der Waals surface area contributed by atoms with Crippen LogP contribution in [0.15, 0.2) is 6.20 Å². The number of aryl methyl sites for hydroxylation is 1. The first-order chi connectivity index (χ1) is 5.36. The quantitative estimate of drug-likeness (QED) is 0.667. The zero-order valence-electron chi connectivity index (χ0n) is 7.04. The van der Waals surface area contributed by atoms with Gasteiger partial charge >= 0.3 is 0 Å². The van der Waals surface area contributed by atoms with Crippen molar-refractivity contribution in [3.63, 3.8) is 0 Å². The summed E-state index contributed by atoms with van der Waals surface area (Å²) in [4.78, 5) is 0. The molecular formula is C7H14N4. The molecule has 0 saturated heterocycles. The molecule has 1 heterocycles. The predicted molar refractivity (Wildman–Crippen MR) is 43.3 cm³/mol. The first-order valence-corrected chi connectivity index (χ1v) is 3.90. The first-order valence-electron chi connectivity index (χ1n) is 3.90. The van der Waals surface area contributed by atoms with Gasteiger partial charge in [0.15, 0.2) is 0 Å². The highest BCUT2D eigenvalue weighted by atomic mass is 15.4. The van der Waals surface area contributed by atoms with E-state index in [1.807, 2.05) is 17.9 Å². The van der Waals surface area contributed by atoms with Crippen molar-refractivity contribution in [1.29, 1.82) is 0 Å². The Morgan fingerprint density at radius 2 is 2.45 bits per heavy atom. The molecule has 0 aromatic carbocycles. The molecule has 62 valence electrons. The van der Waals surface area contributed by atoms with Gasteiger partial charge in [-0.15, -0.1) is 5.10 Å². The fourth-order valence-electron chi connectivity index (χ4n) is 0.836. The van der Waals surface area contributed by atoms with Crippen molar-refractivity contribution in [3.8, 4) is 0 Å². The van der Waals surface area contributed by atoms with Gasteiger partial charge in [-0.25, -0.2) is 0 Å². The van der Waals surface area contributed by atoms with Crippen LogP contribution in [-0.2, 0) is 13.0 Å². The summed E-state index contributed by atoms with van der Waals surface area (Å²) < 4.78 is 1.86. The van der Waals surface area contributed by atoms with Crippen molar-refractivity contribution in [3.05, 3.63) is 11.9 Å². The number of likely N-dealkylation sites (N-methyl/N-ethyl adjacent to an activating group) is 1. The van der Waals surface area contributed by atoms with Gasteiger partial charge in [0.2, 0.25) is 0 Å². The van der Waals surface area contributed by atoms with Crippen LogP contribution >= 0.6 is 0 Å². The second-order valence-electron chi connectivity index (χ2n) is 2.43. The van der Waals surface area contributed by atoms with Crippen LogP contribution in [0.1, 0.15) is 12.6 Å². The summed E-state index contributed by atoms with van der Waals surface area (Å²) in [6.45, 7) is 3.91. The van der Waals surface area contributed by atoms with Crippen LogP contribution in [0, 0.1) is 0 Å². The summed E-state index contributed by atoms with van der Waals surface area (Å²) in [5.74, 6) is 0. The van der Waals surface area contributed by atoms with Gasteiger partial charge in [-0.2, -0.15) is 0 Å². The molecule has 0 atom stereocenters. The highest BCUT2D eigenvalue weighted by Gasteiger charge is 1.95. The topological polar surface area (TPSA) is 42.7 Å². The molecule has 1 N–H and O–H groups in total. The molecule has 0 unspecified atom stereocenters. The molecule has 0 radical (unpaired) electrons. The zero-order chi connectivity index (χ0) is 8.10. The lowest BCUT2D eigenvalue weighted by molar-refractivity contribution is 0.565. The standard InChI is InChI=1S/C7H14N4/c1-3-7-6-11(10-9-7)5-4-8-2/h6,8H,3-5H2,1-2H3. The minimum atomic E-state index is 0.892. The van der Waals surface area contributed by atoms with Crippen LogP contribution < -0.4 is 5.32 Å². The Morgan fingerprint density at radius 3 is 3.00 bits per heavy atom. The van der Waals surface area contributed by atoms with Crippen molar-refractivity contribution in [2.24, 2.45) is 0 Å². The van der Waals surface area contributed by atoms with Gasteiger partial charge in [-0.05, 0) is 13.5 Å². The Bertz CT molecular complexity index is 206. The number of hydrogen-bond acceptors (Lipinski definition) is 3. The summed E-state index contributed by atoms with van der Waals surface area (Å²) in [6.07, 6.45) is 2.94. The molecule has 0 bridgehead atoms. The number of hydrogen-bond donors (Lipinski definition) is 1. The second-order valence-corrected chi connectivity index (χ2v) is 2.43. The number of rotatable bonds is 4. The first kappa shape index (κ1) is 8.20. The Hall–Kier alpha value is -0.900. The third-order valence-corrected chi connectivity index (χ3v) is 1.54. The molecule has 1 aromatic heterocycles. The zero-order valence-corrected chi connectivity index (χ0v) is 7.04. The maximum atomic E-state index is 3.97. The SMILES string of the molecule is CCc1cn(CCNC)nn1. The van der Waals surface area contributed by atoms with E-state index in [4.69, 9.17) is 0 Å². The van der Waals surface area contributed by atoms with E-state index in [9.17, 15) is 0 Å². The normalized spacial score (nSPS) is 10.4. The maximum absolute atomic E-state index is 3.97. The third-order valence-electron chi connectivity index (χ3n) is 1.54. The minimum Gasteiger partial charge on any atom is -0.318 e. The van der Waals surface area contributed by atoms with Crippen molar-refractivity contribution < 1.29 is 0 Å². The fraction of sp³-hybridized carbons (Fsp3) is 0.714. The monoisotopic (exact) mass is 154 g/mol. The molecule has 1 rings (SSSR count). The lowest BCUT2D eigenvalue weighted by Gasteiger charge is -1.96. The van der Waals surface area contributed by atoms with Crippen LogP contribution in [-0.4, -0.2) is 28.6 Å².